The summed E-state index contributed by atoms with van der Waals surface area (Å²) in [5, 5.41) is 13.3. The van der Waals surface area contributed by atoms with E-state index in [1.165, 1.54) is 31.2 Å². The zero-order valence-electron chi connectivity index (χ0n) is 12.9. The Morgan fingerprint density at radius 1 is 1.28 bits per heavy atom. The van der Waals surface area contributed by atoms with Gasteiger partial charge in [0.1, 0.15) is 11.4 Å². The highest BCUT2D eigenvalue weighted by molar-refractivity contribution is 6.31. The Balaban J connectivity index is 2.11. The standard InChI is InChI=1S/C16H12ClFN2O5/c1-9(15(21)19-13-5-3-2-4-12(13)18)25-16(22)11-7-6-10(17)8-14(11)20(23)24/h2-9H,1H3,(H,19,21). The SMILES string of the molecule is CC(OC(=O)c1ccc(Cl)cc1[N+](=O)[O-])C(=O)Nc1ccccc1F. The van der Waals surface area contributed by atoms with Crippen LogP contribution in [0.15, 0.2) is 42.5 Å². The van der Waals surface area contributed by atoms with Gasteiger partial charge in [-0.15, -0.1) is 0 Å². The second-order valence-electron chi connectivity index (χ2n) is 4.94. The van der Waals surface area contributed by atoms with Crippen molar-refractivity contribution in [2.45, 2.75) is 13.0 Å². The van der Waals surface area contributed by atoms with Gasteiger partial charge in [0, 0.05) is 11.1 Å². The molecule has 0 fully saturated rings. The number of halogens is 2. The maximum atomic E-state index is 13.5. The van der Waals surface area contributed by atoms with Gasteiger partial charge in [-0.05, 0) is 31.2 Å². The van der Waals surface area contributed by atoms with Crippen molar-refractivity contribution in [2.75, 3.05) is 5.32 Å². The minimum atomic E-state index is -1.30. The monoisotopic (exact) mass is 366 g/mol. The van der Waals surface area contributed by atoms with Crippen LogP contribution >= 0.6 is 11.6 Å². The summed E-state index contributed by atoms with van der Waals surface area (Å²) in [5.74, 6) is -2.50. The summed E-state index contributed by atoms with van der Waals surface area (Å²) in [5.41, 5.74) is -0.966. The molecule has 25 heavy (non-hydrogen) atoms. The van der Waals surface area contributed by atoms with E-state index < -0.39 is 34.4 Å². The topological polar surface area (TPSA) is 98.5 Å². The number of hydrogen-bond acceptors (Lipinski definition) is 5. The second kappa shape index (κ2) is 7.71. The first-order valence-corrected chi connectivity index (χ1v) is 7.37. The number of carbonyl (C=O) groups is 2. The van der Waals surface area contributed by atoms with Crippen LogP contribution in [0.5, 0.6) is 0 Å². The van der Waals surface area contributed by atoms with Crippen molar-refractivity contribution < 1.29 is 23.6 Å². The van der Waals surface area contributed by atoms with Crippen LogP contribution in [0.1, 0.15) is 17.3 Å². The zero-order valence-corrected chi connectivity index (χ0v) is 13.6. The number of rotatable bonds is 5. The number of amides is 1. The molecule has 0 radical (unpaired) electrons. The van der Waals surface area contributed by atoms with Crippen LogP contribution in [0.2, 0.25) is 5.02 Å². The summed E-state index contributed by atoms with van der Waals surface area (Å²) in [6.07, 6.45) is -1.30. The number of carbonyl (C=O) groups excluding carboxylic acids is 2. The van der Waals surface area contributed by atoms with Crippen molar-refractivity contribution in [1.82, 2.24) is 0 Å². The zero-order chi connectivity index (χ0) is 18.6. The minimum absolute atomic E-state index is 0.0760. The molecular formula is C16H12ClFN2O5. The van der Waals surface area contributed by atoms with E-state index in [4.69, 9.17) is 16.3 Å². The van der Waals surface area contributed by atoms with E-state index in [-0.39, 0.29) is 16.3 Å². The molecule has 0 saturated heterocycles. The van der Waals surface area contributed by atoms with E-state index in [9.17, 15) is 24.1 Å². The molecule has 9 heteroatoms. The predicted molar refractivity (Wildman–Crippen MR) is 88.0 cm³/mol. The third-order valence-electron chi connectivity index (χ3n) is 3.16. The molecule has 1 unspecified atom stereocenters. The second-order valence-corrected chi connectivity index (χ2v) is 5.37. The molecule has 0 saturated carbocycles. The molecule has 0 heterocycles. The Bertz CT molecular complexity index is 843. The fraction of sp³-hybridized carbons (Fsp3) is 0.125. The van der Waals surface area contributed by atoms with Gasteiger partial charge in [-0.2, -0.15) is 0 Å². The van der Waals surface area contributed by atoms with Gasteiger partial charge < -0.3 is 10.1 Å². The van der Waals surface area contributed by atoms with Gasteiger partial charge in [0.15, 0.2) is 6.10 Å². The number of anilines is 1. The molecule has 1 amide bonds. The van der Waals surface area contributed by atoms with Crippen LogP contribution in [0.25, 0.3) is 0 Å². The van der Waals surface area contributed by atoms with Gasteiger partial charge in [-0.3, -0.25) is 14.9 Å². The quantitative estimate of drug-likeness (QED) is 0.495. The lowest BCUT2D eigenvalue weighted by Crippen LogP contribution is -2.30. The molecule has 0 aliphatic carbocycles. The van der Waals surface area contributed by atoms with Crippen LogP contribution in [0, 0.1) is 15.9 Å². The molecule has 130 valence electrons. The molecule has 1 atom stereocenters. The first kappa shape index (κ1) is 18.3. The van der Waals surface area contributed by atoms with E-state index >= 15 is 0 Å². The van der Waals surface area contributed by atoms with Crippen molar-refractivity contribution in [3.8, 4) is 0 Å². The maximum absolute atomic E-state index is 13.5. The van der Waals surface area contributed by atoms with E-state index in [0.717, 1.165) is 18.2 Å². The Morgan fingerprint density at radius 3 is 2.60 bits per heavy atom. The molecule has 7 nitrogen and oxygen atoms in total. The Kier molecular flexibility index (Phi) is 5.66. The van der Waals surface area contributed by atoms with Crippen LogP contribution < -0.4 is 5.32 Å². The lowest BCUT2D eigenvalue weighted by molar-refractivity contribution is -0.385. The average molecular weight is 367 g/mol. The number of nitrogens with zero attached hydrogens (tertiary/aromatic N) is 1. The van der Waals surface area contributed by atoms with Crippen molar-refractivity contribution >= 4 is 34.9 Å². The van der Waals surface area contributed by atoms with Gasteiger partial charge in [0.25, 0.3) is 11.6 Å². The fourth-order valence-electron chi connectivity index (χ4n) is 1.90. The largest absolute Gasteiger partial charge is 0.449 e. The number of para-hydroxylation sites is 1. The first-order chi connectivity index (χ1) is 11.8. The first-order valence-electron chi connectivity index (χ1n) is 7.00. The molecular weight excluding hydrogens is 355 g/mol. The normalized spacial score (nSPS) is 11.5. The van der Waals surface area contributed by atoms with Gasteiger partial charge in [0.2, 0.25) is 0 Å². The number of nitrogens with one attached hydrogen (secondary N) is 1. The highest BCUT2D eigenvalue weighted by Crippen LogP contribution is 2.24. The summed E-state index contributed by atoms with van der Waals surface area (Å²) in [4.78, 5) is 34.3. The van der Waals surface area contributed by atoms with Crippen molar-refractivity contribution in [2.24, 2.45) is 0 Å². The fourth-order valence-corrected chi connectivity index (χ4v) is 2.07. The number of nitro benzene ring substituents is 1. The summed E-state index contributed by atoms with van der Waals surface area (Å²) < 4.78 is 18.4. The number of nitro groups is 1. The Labute approximate surface area is 146 Å². The van der Waals surface area contributed by atoms with Gasteiger partial charge in [0.05, 0.1) is 10.6 Å². The highest BCUT2D eigenvalue weighted by atomic mass is 35.5. The van der Waals surface area contributed by atoms with Crippen LogP contribution in [-0.4, -0.2) is 22.9 Å². The highest BCUT2D eigenvalue weighted by Gasteiger charge is 2.26. The van der Waals surface area contributed by atoms with Crippen molar-refractivity contribution in [3.63, 3.8) is 0 Å². The van der Waals surface area contributed by atoms with Crippen molar-refractivity contribution in [1.29, 1.82) is 0 Å². The average Bonchev–Trinajstić information content (AvgIpc) is 2.56. The van der Waals surface area contributed by atoms with E-state index in [0.29, 0.717) is 0 Å². The third kappa shape index (κ3) is 4.51. The Morgan fingerprint density at radius 2 is 1.96 bits per heavy atom. The number of ether oxygens (including phenoxy) is 1. The van der Waals surface area contributed by atoms with E-state index in [2.05, 4.69) is 5.32 Å². The maximum Gasteiger partial charge on any atom is 0.345 e. The van der Waals surface area contributed by atoms with Gasteiger partial charge in [-0.1, -0.05) is 23.7 Å². The molecule has 2 rings (SSSR count). The molecule has 0 aromatic heterocycles. The smallest absolute Gasteiger partial charge is 0.345 e. The summed E-state index contributed by atoms with van der Waals surface area (Å²) in [7, 11) is 0. The number of esters is 1. The molecule has 2 aromatic carbocycles. The van der Waals surface area contributed by atoms with Gasteiger partial charge >= 0.3 is 5.97 Å². The molecule has 0 bridgehead atoms. The predicted octanol–water partition coefficient (Wildman–Crippen LogP) is 3.57. The summed E-state index contributed by atoms with van der Waals surface area (Å²) in [6, 6.07) is 8.89. The lowest BCUT2D eigenvalue weighted by Gasteiger charge is -2.14. The molecule has 0 aliphatic rings. The molecule has 1 N–H and O–H groups in total. The van der Waals surface area contributed by atoms with Crippen LogP contribution in [0.4, 0.5) is 15.8 Å². The third-order valence-corrected chi connectivity index (χ3v) is 3.40. The minimum Gasteiger partial charge on any atom is -0.449 e. The van der Waals surface area contributed by atoms with Crippen molar-refractivity contribution in [3.05, 3.63) is 69.0 Å². The summed E-state index contributed by atoms with van der Waals surface area (Å²) >= 11 is 5.67. The molecule has 0 aliphatic heterocycles. The Hall–Kier alpha value is -3.00. The molecule has 2 aromatic rings. The van der Waals surface area contributed by atoms with E-state index in [1.54, 1.807) is 0 Å². The summed E-state index contributed by atoms with van der Waals surface area (Å²) in [6.45, 7) is 1.26. The van der Waals surface area contributed by atoms with E-state index in [1.807, 2.05) is 0 Å². The van der Waals surface area contributed by atoms with Gasteiger partial charge in [-0.25, -0.2) is 9.18 Å². The molecule has 0 spiro atoms. The van der Waals surface area contributed by atoms with Crippen LogP contribution in [-0.2, 0) is 9.53 Å². The lowest BCUT2D eigenvalue weighted by atomic mass is 10.2. The van der Waals surface area contributed by atoms with Crippen LogP contribution in [0.3, 0.4) is 0 Å². The number of benzene rings is 2. The number of hydrogen-bond donors (Lipinski definition) is 1.